The van der Waals surface area contributed by atoms with Crippen molar-refractivity contribution in [3.05, 3.63) is 30.5 Å². The van der Waals surface area contributed by atoms with Crippen molar-refractivity contribution in [1.29, 1.82) is 0 Å². The standard InChI is InChI=1S/C15H17N7O/c1-10-5-16-15(17-6-10)23-11-3-4-22(8-11)14-12-7-20-21(2)13(12)18-9-19-14/h5-7,9,11H,3-4,8H2,1-2H3. The molecular formula is C15H17N7O. The van der Waals surface area contributed by atoms with Crippen molar-refractivity contribution in [1.82, 2.24) is 29.7 Å². The first-order chi connectivity index (χ1) is 11.2. The summed E-state index contributed by atoms with van der Waals surface area (Å²) in [5.74, 6) is 0.902. The van der Waals surface area contributed by atoms with Crippen LogP contribution in [0.3, 0.4) is 0 Å². The Hall–Kier alpha value is -2.77. The van der Waals surface area contributed by atoms with Crippen LogP contribution in [0.2, 0.25) is 0 Å². The van der Waals surface area contributed by atoms with Crippen LogP contribution < -0.4 is 9.64 Å². The van der Waals surface area contributed by atoms with E-state index in [1.165, 1.54) is 0 Å². The molecule has 4 rings (SSSR count). The Labute approximate surface area is 133 Å². The molecule has 0 aliphatic carbocycles. The van der Waals surface area contributed by atoms with Gasteiger partial charge in [-0.3, -0.25) is 4.68 Å². The van der Waals surface area contributed by atoms with Gasteiger partial charge in [0.2, 0.25) is 0 Å². The maximum Gasteiger partial charge on any atom is 0.316 e. The van der Waals surface area contributed by atoms with E-state index >= 15 is 0 Å². The molecule has 0 bridgehead atoms. The topological polar surface area (TPSA) is 81.9 Å². The predicted molar refractivity (Wildman–Crippen MR) is 84.3 cm³/mol. The second-order valence-electron chi connectivity index (χ2n) is 5.72. The van der Waals surface area contributed by atoms with E-state index in [2.05, 4.69) is 29.9 Å². The molecule has 3 aromatic rings. The Balaban J connectivity index is 1.52. The van der Waals surface area contributed by atoms with Gasteiger partial charge < -0.3 is 9.64 Å². The van der Waals surface area contributed by atoms with Crippen molar-refractivity contribution in [3.63, 3.8) is 0 Å². The van der Waals surface area contributed by atoms with E-state index in [1.54, 1.807) is 23.4 Å². The highest BCUT2D eigenvalue weighted by molar-refractivity contribution is 5.86. The lowest BCUT2D eigenvalue weighted by atomic mass is 10.3. The molecular weight excluding hydrogens is 294 g/mol. The quantitative estimate of drug-likeness (QED) is 0.717. The molecule has 0 saturated carbocycles. The van der Waals surface area contributed by atoms with Crippen LogP contribution in [0.25, 0.3) is 11.0 Å². The highest BCUT2D eigenvalue weighted by atomic mass is 16.5. The summed E-state index contributed by atoms with van der Waals surface area (Å²) in [7, 11) is 1.88. The average molecular weight is 311 g/mol. The molecule has 4 heterocycles. The minimum Gasteiger partial charge on any atom is -0.458 e. The van der Waals surface area contributed by atoms with Crippen LogP contribution in [0.5, 0.6) is 6.01 Å². The van der Waals surface area contributed by atoms with Gasteiger partial charge in [0.05, 0.1) is 18.1 Å². The number of hydrogen-bond acceptors (Lipinski definition) is 7. The Morgan fingerprint density at radius 2 is 1.96 bits per heavy atom. The van der Waals surface area contributed by atoms with Crippen LogP contribution in [0.1, 0.15) is 12.0 Å². The van der Waals surface area contributed by atoms with Crippen molar-refractivity contribution in [3.8, 4) is 6.01 Å². The van der Waals surface area contributed by atoms with Gasteiger partial charge in [-0.05, 0) is 12.5 Å². The van der Waals surface area contributed by atoms with Gasteiger partial charge in [-0.2, -0.15) is 5.10 Å². The summed E-state index contributed by atoms with van der Waals surface area (Å²) in [6, 6.07) is 0.427. The molecule has 0 aromatic carbocycles. The largest absolute Gasteiger partial charge is 0.458 e. The van der Waals surface area contributed by atoms with E-state index in [9.17, 15) is 0 Å². The van der Waals surface area contributed by atoms with Crippen LogP contribution in [0.15, 0.2) is 24.9 Å². The lowest BCUT2D eigenvalue weighted by molar-refractivity contribution is 0.206. The van der Waals surface area contributed by atoms with Crippen molar-refractivity contribution in [2.24, 2.45) is 7.05 Å². The summed E-state index contributed by atoms with van der Waals surface area (Å²) < 4.78 is 7.63. The van der Waals surface area contributed by atoms with Crippen LogP contribution in [0.4, 0.5) is 5.82 Å². The van der Waals surface area contributed by atoms with Crippen molar-refractivity contribution in [2.45, 2.75) is 19.4 Å². The Morgan fingerprint density at radius 3 is 2.78 bits per heavy atom. The second-order valence-corrected chi connectivity index (χ2v) is 5.72. The van der Waals surface area contributed by atoms with Crippen LogP contribution in [-0.4, -0.2) is 48.9 Å². The third-order valence-corrected chi connectivity index (χ3v) is 3.98. The summed E-state index contributed by atoms with van der Waals surface area (Å²) >= 11 is 0. The van der Waals surface area contributed by atoms with Gasteiger partial charge in [-0.25, -0.2) is 19.9 Å². The molecule has 0 radical (unpaired) electrons. The number of aromatic nitrogens is 6. The number of anilines is 1. The molecule has 23 heavy (non-hydrogen) atoms. The summed E-state index contributed by atoms with van der Waals surface area (Å²) in [6.45, 7) is 3.57. The summed E-state index contributed by atoms with van der Waals surface area (Å²) in [6.07, 6.45) is 7.87. The average Bonchev–Trinajstić information content (AvgIpc) is 3.17. The normalized spacial score (nSPS) is 17.8. The zero-order valence-corrected chi connectivity index (χ0v) is 13.0. The van der Waals surface area contributed by atoms with E-state index < -0.39 is 0 Å². The lowest BCUT2D eigenvalue weighted by Gasteiger charge is -2.17. The predicted octanol–water partition coefficient (Wildman–Crippen LogP) is 1.12. The van der Waals surface area contributed by atoms with Crippen LogP contribution in [-0.2, 0) is 7.05 Å². The fourth-order valence-electron chi connectivity index (χ4n) is 2.81. The zero-order chi connectivity index (χ0) is 15.8. The summed E-state index contributed by atoms with van der Waals surface area (Å²) in [5.41, 5.74) is 1.85. The van der Waals surface area contributed by atoms with Crippen molar-refractivity contribution < 1.29 is 4.74 Å². The van der Waals surface area contributed by atoms with E-state index in [0.29, 0.717) is 6.01 Å². The van der Waals surface area contributed by atoms with Gasteiger partial charge in [0.1, 0.15) is 18.2 Å². The van der Waals surface area contributed by atoms with Gasteiger partial charge in [0, 0.05) is 32.4 Å². The molecule has 1 aliphatic rings. The SMILES string of the molecule is Cc1cnc(OC2CCN(c3ncnc4c3cnn4C)C2)nc1. The van der Waals surface area contributed by atoms with Crippen LogP contribution in [0, 0.1) is 6.92 Å². The van der Waals surface area contributed by atoms with Gasteiger partial charge >= 0.3 is 6.01 Å². The first-order valence-corrected chi connectivity index (χ1v) is 7.53. The fraction of sp³-hybridized carbons (Fsp3) is 0.400. The zero-order valence-electron chi connectivity index (χ0n) is 13.0. The maximum absolute atomic E-state index is 5.87. The molecule has 1 unspecified atom stereocenters. The number of nitrogens with zero attached hydrogens (tertiary/aromatic N) is 7. The number of hydrogen-bond donors (Lipinski definition) is 0. The first kappa shape index (κ1) is 13.9. The maximum atomic E-state index is 5.87. The molecule has 0 spiro atoms. The number of aryl methyl sites for hydroxylation is 2. The fourth-order valence-corrected chi connectivity index (χ4v) is 2.81. The molecule has 8 nitrogen and oxygen atoms in total. The van der Waals surface area contributed by atoms with E-state index in [0.717, 1.165) is 41.9 Å². The first-order valence-electron chi connectivity index (χ1n) is 7.53. The highest BCUT2D eigenvalue weighted by Crippen LogP contribution is 2.26. The van der Waals surface area contributed by atoms with E-state index in [-0.39, 0.29) is 6.10 Å². The summed E-state index contributed by atoms with van der Waals surface area (Å²) in [4.78, 5) is 19.3. The molecule has 1 fully saturated rings. The number of rotatable bonds is 3. The van der Waals surface area contributed by atoms with Gasteiger partial charge in [0.15, 0.2) is 5.65 Å². The Morgan fingerprint density at radius 1 is 1.13 bits per heavy atom. The molecule has 1 aliphatic heterocycles. The Bertz CT molecular complexity index is 829. The van der Waals surface area contributed by atoms with Gasteiger partial charge in [0.25, 0.3) is 0 Å². The third kappa shape index (κ3) is 2.56. The monoisotopic (exact) mass is 311 g/mol. The van der Waals surface area contributed by atoms with E-state index in [1.807, 2.05) is 20.2 Å². The van der Waals surface area contributed by atoms with E-state index in [4.69, 9.17) is 4.74 Å². The van der Waals surface area contributed by atoms with Crippen molar-refractivity contribution >= 4 is 16.9 Å². The second kappa shape index (κ2) is 5.45. The van der Waals surface area contributed by atoms with Crippen molar-refractivity contribution in [2.75, 3.05) is 18.0 Å². The molecule has 3 aromatic heterocycles. The summed E-state index contributed by atoms with van der Waals surface area (Å²) in [5, 5.41) is 5.22. The van der Waals surface area contributed by atoms with Crippen LogP contribution >= 0.6 is 0 Å². The number of ether oxygens (including phenoxy) is 1. The molecule has 8 heteroatoms. The molecule has 0 N–H and O–H groups in total. The smallest absolute Gasteiger partial charge is 0.316 e. The minimum absolute atomic E-state index is 0.0550. The number of fused-ring (bicyclic) bond motifs is 1. The lowest BCUT2D eigenvalue weighted by Crippen LogP contribution is -2.26. The molecule has 1 atom stereocenters. The molecule has 0 amide bonds. The Kier molecular flexibility index (Phi) is 3.29. The molecule has 1 saturated heterocycles. The third-order valence-electron chi connectivity index (χ3n) is 3.98. The van der Waals surface area contributed by atoms with Gasteiger partial charge in [-0.15, -0.1) is 0 Å². The van der Waals surface area contributed by atoms with Gasteiger partial charge in [-0.1, -0.05) is 0 Å². The highest BCUT2D eigenvalue weighted by Gasteiger charge is 2.27. The minimum atomic E-state index is 0.0550. The molecule has 118 valence electrons.